The first-order valence-corrected chi connectivity index (χ1v) is 13.2. The van der Waals surface area contributed by atoms with Crippen LogP contribution in [-0.2, 0) is 36.6 Å². The molecule has 1 N–H and O–H groups in total. The van der Waals surface area contributed by atoms with E-state index in [-0.39, 0.29) is 12.0 Å². The van der Waals surface area contributed by atoms with E-state index in [4.69, 9.17) is 30.5 Å². The Labute approximate surface area is 223 Å². The van der Waals surface area contributed by atoms with Crippen LogP contribution in [0.25, 0.3) is 0 Å². The quantitative estimate of drug-likeness (QED) is 0.488. The molecule has 2 aliphatic heterocycles. The monoisotopic (exact) mass is 530 g/mol. The van der Waals surface area contributed by atoms with Gasteiger partial charge in [-0.2, -0.15) is 0 Å². The molecule has 1 saturated heterocycles. The fourth-order valence-electron chi connectivity index (χ4n) is 5.40. The molecule has 6 atom stereocenters. The van der Waals surface area contributed by atoms with Crippen LogP contribution in [0.2, 0.25) is 5.02 Å². The van der Waals surface area contributed by atoms with Crippen molar-refractivity contribution >= 4 is 23.5 Å². The number of hydrogen-bond donors (Lipinski definition) is 1. The number of hydrogen-bond acceptors (Lipinski definition) is 7. The van der Waals surface area contributed by atoms with Crippen LogP contribution >= 0.6 is 11.6 Å². The van der Waals surface area contributed by atoms with Gasteiger partial charge in [-0.1, -0.05) is 55.8 Å². The molecule has 1 fully saturated rings. The molecule has 0 spiro atoms. The number of rotatable bonds is 7. The van der Waals surface area contributed by atoms with Gasteiger partial charge in [0.1, 0.15) is 18.0 Å². The van der Waals surface area contributed by atoms with Gasteiger partial charge in [-0.25, -0.2) is 0 Å². The maximum atomic E-state index is 12.2. The average molecular weight is 531 g/mol. The number of halogens is 1. The molecule has 0 radical (unpaired) electrons. The molecule has 2 aromatic rings. The van der Waals surface area contributed by atoms with Gasteiger partial charge in [0.25, 0.3) is 0 Å². The van der Waals surface area contributed by atoms with Gasteiger partial charge in [0.2, 0.25) is 0 Å². The number of carbonyl (C=O) groups excluding carboxylic acids is 2. The van der Waals surface area contributed by atoms with Crippen molar-refractivity contribution in [3.8, 4) is 5.75 Å². The molecule has 37 heavy (non-hydrogen) atoms. The smallest absolute Gasteiger partial charge is 0.303 e. The highest BCUT2D eigenvalue weighted by molar-refractivity contribution is 6.33. The lowest BCUT2D eigenvalue weighted by Gasteiger charge is -2.45. The standard InChI is InChI=1S/C29H35ClO7/c1-6-24-15(2)26(35-17(4)32)29(36-18(5)33)28(37-24)23-14-21(25(30)27-22(23)11-12-34-27)13-19-7-9-20(10-8-19)16(3)31/h7-10,14-16,24,26,28-29,31H,6,11-13H2,1-5H3/t15-,16?,24-,26+,28+,29-/m1/s1. The molecule has 4 rings (SSSR count). The Bertz CT molecular complexity index is 1140. The van der Waals surface area contributed by atoms with Gasteiger partial charge in [0.15, 0.2) is 6.10 Å². The fraction of sp³-hybridized carbons (Fsp3) is 0.517. The fourth-order valence-corrected chi connectivity index (χ4v) is 5.69. The molecule has 2 aliphatic rings. The van der Waals surface area contributed by atoms with Crippen LogP contribution in [0.5, 0.6) is 5.75 Å². The second kappa shape index (κ2) is 11.4. The highest BCUT2D eigenvalue weighted by atomic mass is 35.5. The lowest BCUT2D eigenvalue weighted by molar-refractivity contribution is -0.225. The van der Waals surface area contributed by atoms with E-state index in [0.29, 0.717) is 36.6 Å². The van der Waals surface area contributed by atoms with Crippen molar-refractivity contribution in [3.63, 3.8) is 0 Å². The molecule has 7 nitrogen and oxygen atoms in total. The Balaban J connectivity index is 1.79. The van der Waals surface area contributed by atoms with Crippen LogP contribution in [-0.4, -0.2) is 42.0 Å². The predicted molar refractivity (Wildman–Crippen MR) is 139 cm³/mol. The van der Waals surface area contributed by atoms with Gasteiger partial charge >= 0.3 is 11.9 Å². The van der Waals surface area contributed by atoms with E-state index in [9.17, 15) is 14.7 Å². The molecule has 8 heteroatoms. The lowest BCUT2D eigenvalue weighted by atomic mass is 9.82. The van der Waals surface area contributed by atoms with E-state index in [0.717, 1.165) is 27.8 Å². The highest BCUT2D eigenvalue weighted by Crippen LogP contribution is 2.47. The zero-order valence-electron chi connectivity index (χ0n) is 22.0. The summed E-state index contributed by atoms with van der Waals surface area (Å²) < 4.78 is 24.0. The molecular weight excluding hydrogens is 496 g/mol. The van der Waals surface area contributed by atoms with Gasteiger partial charge in [-0.05, 0) is 42.0 Å². The second-order valence-electron chi connectivity index (χ2n) is 9.95. The molecule has 0 amide bonds. The Morgan fingerprint density at radius 3 is 2.38 bits per heavy atom. The molecule has 200 valence electrons. The normalized spacial score (nSPS) is 25.6. The minimum absolute atomic E-state index is 0.169. The van der Waals surface area contributed by atoms with Gasteiger partial charge in [-0.3, -0.25) is 9.59 Å². The summed E-state index contributed by atoms with van der Waals surface area (Å²) >= 11 is 6.83. The predicted octanol–water partition coefficient (Wildman–Crippen LogP) is 5.27. The number of aliphatic hydroxyl groups is 1. The number of esters is 2. The summed E-state index contributed by atoms with van der Waals surface area (Å²) in [6, 6.07) is 9.74. The van der Waals surface area contributed by atoms with E-state index in [1.54, 1.807) is 6.92 Å². The molecule has 1 unspecified atom stereocenters. The van der Waals surface area contributed by atoms with Crippen molar-refractivity contribution in [2.75, 3.05) is 6.61 Å². The van der Waals surface area contributed by atoms with Gasteiger partial charge in [-0.15, -0.1) is 0 Å². The Morgan fingerprint density at radius 2 is 1.78 bits per heavy atom. The molecule has 0 bridgehead atoms. The third kappa shape index (κ3) is 5.79. The molecule has 2 aromatic carbocycles. The van der Waals surface area contributed by atoms with Crippen molar-refractivity contribution in [3.05, 3.63) is 63.2 Å². The van der Waals surface area contributed by atoms with Crippen LogP contribution in [0.3, 0.4) is 0 Å². The largest absolute Gasteiger partial charge is 0.491 e. The summed E-state index contributed by atoms with van der Waals surface area (Å²) in [5.41, 5.74) is 4.47. The molecule has 2 heterocycles. The first-order chi connectivity index (χ1) is 17.6. The third-order valence-corrected chi connectivity index (χ3v) is 7.66. The molecule has 0 saturated carbocycles. The van der Waals surface area contributed by atoms with Crippen molar-refractivity contribution in [2.45, 2.75) is 84.4 Å². The Kier molecular flexibility index (Phi) is 8.46. The zero-order valence-corrected chi connectivity index (χ0v) is 22.7. The molecule has 0 aromatic heterocycles. The Morgan fingerprint density at radius 1 is 1.14 bits per heavy atom. The summed E-state index contributed by atoms with van der Waals surface area (Å²) in [4.78, 5) is 24.2. The van der Waals surface area contributed by atoms with E-state index in [1.807, 2.05) is 44.2 Å². The van der Waals surface area contributed by atoms with Crippen LogP contribution in [0.4, 0.5) is 0 Å². The first kappa shape index (κ1) is 27.4. The van der Waals surface area contributed by atoms with E-state index < -0.39 is 36.4 Å². The zero-order chi connectivity index (χ0) is 26.9. The van der Waals surface area contributed by atoms with Crippen molar-refractivity contribution in [2.24, 2.45) is 5.92 Å². The van der Waals surface area contributed by atoms with E-state index >= 15 is 0 Å². The van der Waals surface area contributed by atoms with E-state index in [1.165, 1.54) is 13.8 Å². The van der Waals surface area contributed by atoms with Crippen LogP contribution in [0, 0.1) is 5.92 Å². The summed E-state index contributed by atoms with van der Waals surface area (Å²) in [6.45, 7) is 8.89. The van der Waals surface area contributed by atoms with Crippen molar-refractivity contribution < 1.29 is 33.6 Å². The highest BCUT2D eigenvalue weighted by Gasteiger charge is 2.49. The van der Waals surface area contributed by atoms with Crippen LogP contribution < -0.4 is 4.74 Å². The molecule has 0 aliphatic carbocycles. The summed E-state index contributed by atoms with van der Waals surface area (Å²) in [5.74, 6) is -0.456. The summed E-state index contributed by atoms with van der Waals surface area (Å²) in [5, 5.41) is 10.4. The van der Waals surface area contributed by atoms with Crippen LogP contribution in [0.1, 0.15) is 81.1 Å². The minimum atomic E-state index is -0.816. The summed E-state index contributed by atoms with van der Waals surface area (Å²) in [7, 11) is 0. The average Bonchev–Trinajstić information content (AvgIpc) is 3.34. The van der Waals surface area contributed by atoms with Crippen molar-refractivity contribution in [1.82, 2.24) is 0 Å². The number of carbonyl (C=O) groups is 2. The lowest BCUT2D eigenvalue weighted by Crippen LogP contribution is -2.53. The second-order valence-corrected chi connectivity index (χ2v) is 10.3. The minimum Gasteiger partial charge on any atom is -0.491 e. The van der Waals surface area contributed by atoms with Gasteiger partial charge in [0, 0.05) is 31.7 Å². The third-order valence-electron chi connectivity index (χ3n) is 7.25. The maximum Gasteiger partial charge on any atom is 0.303 e. The first-order valence-electron chi connectivity index (χ1n) is 12.8. The topological polar surface area (TPSA) is 91.3 Å². The number of ether oxygens (including phenoxy) is 4. The molecular formula is C29H35ClO7. The van der Waals surface area contributed by atoms with Gasteiger partial charge in [0.05, 0.1) is 23.8 Å². The van der Waals surface area contributed by atoms with Gasteiger partial charge < -0.3 is 24.1 Å². The SMILES string of the molecule is CC[C@H]1O[C@@H](c2cc(Cc3ccc(C(C)O)cc3)c(Cl)c3c2CCO3)[C@H](OC(C)=O)[C@@H](OC(C)=O)[C@@H]1C. The number of aliphatic hydroxyl groups excluding tert-OH is 1. The number of fused-ring (bicyclic) bond motifs is 1. The maximum absolute atomic E-state index is 12.2. The number of benzene rings is 2. The van der Waals surface area contributed by atoms with E-state index in [2.05, 4.69) is 0 Å². The summed E-state index contributed by atoms with van der Waals surface area (Å²) in [6.07, 6.45) is -0.988. The van der Waals surface area contributed by atoms with Crippen molar-refractivity contribution in [1.29, 1.82) is 0 Å². The Hall–Kier alpha value is -2.61. The van der Waals surface area contributed by atoms with Crippen LogP contribution in [0.15, 0.2) is 30.3 Å².